The van der Waals surface area contributed by atoms with Crippen molar-refractivity contribution in [3.63, 3.8) is 0 Å². The van der Waals surface area contributed by atoms with Crippen molar-refractivity contribution in [1.29, 1.82) is 0 Å². The maximum atomic E-state index is 12.5. The van der Waals surface area contributed by atoms with E-state index in [1.807, 2.05) is 18.2 Å². The van der Waals surface area contributed by atoms with Crippen LogP contribution in [0.4, 0.5) is 0 Å². The van der Waals surface area contributed by atoms with E-state index in [0.29, 0.717) is 47.9 Å². The van der Waals surface area contributed by atoms with E-state index in [2.05, 4.69) is 5.32 Å². The molecule has 0 atom stereocenters. The quantitative estimate of drug-likeness (QED) is 0.627. The number of benzene rings is 1. The smallest absolute Gasteiger partial charge is 0.261 e. The maximum Gasteiger partial charge on any atom is 0.261 e. The van der Waals surface area contributed by atoms with Gasteiger partial charge in [0.15, 0.2) is 11.5 Å². The number of aryl methyl sites for hydroxylation is 1. The summed E-state index contributed by atoms with van der Waals surface area (Å²) in [7, 11) is 4.91. The molecule has 0 aliphatic heterocycles. The average molecular weight is 357 g/mol. The van der Waals surface area contributed by atoms with Crippen LogP contribution in [0.5, 0.6) is 11.5 Å². The summed E-state index contributed by atoms with van der Waals surface area (Å²) in [6.45, 7) is 1.73. The van der Waals surface area contributed by atoms with Crippen molar-refractivity contribution >= 4 is 11.0 Å². The van der Waals surface area contributed by atoms with E-state index in [4.69, 9.17) is 19.6 Å². The minimum atomic E-state index is -0.0990. The van der Waals surface area contributed by atoms with Gasteiger partial charge in [-0.2, -0.15) is 0 Å². The lowest BCUT2D eigenvalue weighted by atomic mass is 10.1. The first-order valence-corrected chi connectivity index (χ1v) is 8.34. The highest BCUT2D eigenvalue weighted by Gasteiger charge is 2.16. The van der Waals surface area contributed by atoms with Crippen LogP contribution in [0.25, 0.3) is 22.1 Å². The third-order valence-electron chi connectivity index (χ3n) is 4.22. The number of nitrogens with two attached hydrogens (primary N) is 1. The zero-order chi connectivity index (χ0) is 18.7. The molecule has 0 amide bonds. The number of methoxy groups -OCH3 is 2. The number of pyridine rings is 1. The SMILES string of the molecule is COc1ccc(-c2cn(C)c(=O)c3cc(CNCCN)oc23)cc1OC. The Morgan fingerprint density at radius 2 is 1.96 bits per heavy atom. The van der Waals surface area contributed by atoms with Gasteiger partial charge in [0.05, 0.1) is 26.2 Å². The lowest BCUT2D eigenvalue weighted by molar-refractivity contribution is 0.355. The fourth-order valence-corrected chi connectivity index (χ4v) is 2.91. The highest BCUT2D eigenvalue weighted by molar-refractivity contribution is 5.92. The van der Waals surface area contributed by atoms with E-state index in [9.17, 15) is 4.79 Å². The largest absolute Gasteiger partial charge is 0.493 e. The minimum absolute atomic E-state index is 0.0990. The van der Waals surface area contributed by atoms with Gasteiger partial charge in [-0.1, -0.05) is 6.07 Å². The second-order valence-corrected chi connectivity index (χ2v) is 5.95. The Hall–Kier alpha value is -2.77. The van der Waals surface area contributed by atoms with Gasteiger partial charge in [0.25, 0.3) is 5.56 Å². The summed E-state index contributed by atoms with van der Waals surface area (Å²) in [5, 5.41) is 3.72. The second-order valence-electron chi connectivity index (χ2n) is 5.95. The van der Waals surface area contributed by atoms with Crippen LogP contribution in [0.15, 0.2) is 39.7 Å². The van der Waals surface area contributed by atoms with E-state index >= 15 is 0 Å². The molecule has 7 nitrogen and oxygen atoms in total. The standard InChI is InChI=1S/C19H23N3O4/c1-22-11-15(12-4-5-16(24-2)17(8-12)25-3)18-14(19(22)23)9-13(26-18)10-21-7-6-20/h4-5,8-9,11,21H,6-7,10,20H2,1-3H3. The number of furan rings is 1. The normalized spacial score (nSPS) is 11.1. The summed E-state index contributed by atoms with van der Waals surface area (Å²) in [5.41, 5.74) is 7.64. The Kier molecular flexibility index (Phi) is 5.29. The van der Waals surface area contributed by atoms with Gasteiger partial charge in [-0.25, -0.2) is 0 Å². The molecule has 0 aliphatic rings. The van der Waals surface area contributed by atoms with Crippen LogP contribution in [0.3, 0.4) is 0 Å². The Bertz CT molecular complexity index is 975. The van der Waals surface area contributed by atoms with Gasteiger partial charge >= 0.3 is 0 Å². The molecule has 3 aromatic rings. The first-order valence-electron chi connectivity index (χ1n) is 8.34. The fraction of sp³-hybridized carbons (Fsp3) is 0.316. The first kappa shape index (κ1) is 18.0. The Morgan fingerprint density at radius 1 is 1.19 bits per heavy atom. The fourth-order valence-electron chi connectivity index (χ4n) is 2.91. The Labute approximate surface area is 151 Å². The lowest BCUT2D eigenvalue weighted by Gasteiger charge is -2.11. The highest BCUT2D eigenvalue weighted by Crippen LogP contribution is 2.35. The Balaban J connectivity index is 2.13. The van der Waals surface area contributed by atoms with Gasteiger partial charge in [-0.3, -0.25) is 4.79 Å². The van der Waals surface area contributed by atoms with Crippen LogP contribution in [-0.4, -0.2) is 31.9 Å². The van der Waals surface area contributed by atoms with Crippen LogP contribution < -0.4 is 26.1 Å². The van der Waals surface area contributed by atoms with Crippen molar-refractivity contribution in [3.05, 3.63) is 46.6 Å². The molecule has 0 saturated heterocycles. The molecule has 3 rings (SSSR count). The van der Waals surface area contributed by atoms with Crippen LogP contribution >= 0.6 is 0 Å². The monoisotopic (exact) mass is 357 g/mol. The predicted octanol–water partition coefficient (Wildman–Crippen LogP) is 1.86. The molecule has 7 heteroatoms. The second kappa shape index (κ2) is 7.63. The number of fused-ring (bicyclic) bond motifs is 1. The van der Waals surface area contributed by atoms with Crippen molar-refractivity contribution in [3.8, 4) is 22.6 Å². The van der Waals surface area contributed by atoms with Gasteiger partial charge in [-0.05, 0) is 23.8 Å². The Morgan fingerprint density at radius 3 is 2.65 bits per heavy atom. The minimum Gasteiger partial charge on any atom is -0.493 e. The molecule has 0 unspecified atom stereocenters. The van der Waals surface area contributed by atoms with E-state index in [0.717, 1.165) is 11.1 Å². The lowest BCUT2D eigenvalue weighted by Crippen LogP contribution is -2.21. The summed E-state index contributed by atoms with van der Waals surface area (Å²) in [6.07, 6.45) is 1.77. The third-order valence-corrected chi connectivity index (χ3v) is 4.22. The number of ether oxygens (including phenoxy) is 2. The first-order chi connectivity index (χ1) is 12.6. The van der Waals surface area contributed by atoms with Gasteiger partial charge in [-0.15, -0.1) is 0 Å². The zero-order valence-corrected chi connectivity index (χ0v) is 15.2. The molecule has 0 fully saturated rings. The van der Waals surface area contributed by atoms with E-state index in [1.54, 1.807) is 38.1 Å². The van der Waals surface area contributed by atoms with E-state index in [1.165, 1.54) is 0 Å². The molecule has 2 heterocycles. The number of hydrogen-bond donors (Lipinski definition) is 2. The number of rotatable bonds is 7. The van der Waals surface area contributed by atoms with Gasteiger partial charge in [0, 0.05) is 31.9 Å². The van der Waals surface area contributed by atoms with Crippen LogP contribution in [-0.2, 0) is 13.6 Å². The topological polar surface area (TPSA) is 91.7 Å². The van der Waals surface area contributed by atoms with Crippen LogP contribution in [0, 0.1) is 0 Å². The molecule has 0 aliphatic carbocycles. The highest BCUT2D eigenvalue weighted by atomic mass is 16.5. The summed E-state index contributed by atoms with van der Waals surface area (Å²) in [4.78, 5) is 12.5. The molecule has 0 spiro atoms. The molecule has 2 aromatic heterocycles. The van der Waals surface area contributed by atoms with Crippen molar-refractivity contribution in [2.24, 2.45) is 12.8 Å². The summed E-state index contributed by atoms with van der Waals surface area (Å²) < 4.78 is 18.2. The molecule has 0 bridgehead atoms. The van der Waals surface area contributed by atoms with Gasteiger partial charge in [0.1, 0.15) is 11.3 Å². The van der Waals surface area contributed by atoms with Crippen LogP contribution in [0.2, 0.25) is 0 Å². The average Bonchev–Trinajstić information content (AvgIpc) is 3.08. The number of aromatic nitrogens is 1. The van der Waals surface area contributed by atoms with Crippen molar-refractivity contribution < 1.29 is 13.9 Å². The molecule has 1 aromatic carbocycles. The number of hydrogen-bond acceptors (Lipinski definition) is 6. The summed E-state index contributed by atoms with van der Waals surface area (Å²) in [6, 6.07) is 7.39. The third kappa shape index (κ3) is 3.31. The maximum absolute atomic E-state index is 12.5. The molecule has 26 heavy (non-hydrogen) atoms. The summed E-state index contributed by atoms with van der Waals surface area (Å²) in [5.74, 6) is 1.95. The van der Waals surface area contributed by atoms with Crippen LogP contribution in [0.1, 0.15) is 5.76 Å². The summed E-state index contributed by atoms with van der Waals surface area (Å²) >= 11 is 0. The molecular weight excluding hydrogens is 334 g/mol. The molecule has 138 valence electrons. The van der Waals surface area contributed by atoms with Crippen molar-refractivity contribution in [2.45, 2.75) is 6.54 Å². The van der Waals surface area contributed by atoms with E-state index < -0.39 is 0 Å². The number of nitrogens with one attached hydrogen (secondary N) is 1. The van der Waals surface area contributed by atoms with Crippen molar-refractivity contribution in [1.82, 2.24) is 9.88 Å². The van der Waals surface area contributed by atoms with Crippen molar-refractivity contribution in [2.75, 3.05) is 27.3 Å². The number of nitrogens with zero attached hydrogens (tertiary/aromatic N) is 1. The molecule has 0 saturated carbocycles. The zero-order valence-electron chi connectivity index (χ0n) is 15.2. The molecule has 3 N–H and O–H groups in total. The van der Waals surface area contributed by atoms with E-state index in [-0.39, 0.29) is 5.56 Å². The predicted molar refractivity (Wildman–Crippen MR) is 101 cm³/mol. The van der Waals surface area contributed by atoms with Gasteiger partial charge in [0.2, 0.25) is 0 Å². The van der Waals surface area contributed by atoms with Gasteiger partial charge < -0.3 is 29.5 Å². The molecule has 0 radical (unpaired) electrons. The molecular formula is C19H23N3O4.